The highest BCUT2D eigenvalue weighted by atomic mass is 79.9. The minimum atomic E-state index is 0.579. The summed E-state index contributed by atoms with van der Waals surface area (Å²) in [7, 11) is 0. The summed E-state index contributed by atoms with van der Waals surface area (Å²) in [6, 6.07) is 13.6. The number of nitrogens with one attached hydrogen (secondary N) is 1. The third-order valence-corrected chi connectivity index (χ3v) is 3.39. The van der Waals surface area contributed by atoms with Gasteiger partial charge in [-0.1, -0.05) is 18.2 Å². The minimum Gasteiger partial charge on any atom is -0.490 e. The van der Waals surface area contributed by atoms with Gasteiger partial charge in [0.05, 0.1) is 29.6 Å². The van der Waals surface area contributed by atoms with E-state index in [4.69, 9.17) is 9.47 Å². The summed E-state index contributed by atoms with van der Waals surface area (Å²) < 4.78 is 12.1. The van der Waals surface area contributed by atoms with Gasteiger partial charge in [-0.05, 0) is 59.6 Å². The zero-order valence-corrected chi connectivity index (χ0v) is 14.3. The molecule has 0 saturated carbocycles. The van der Waals surface area contributed by atoms with Gasteiger partial charge in [0.2, 0.25) is 0 Å². The zero-order valence-electron chi connectivity index (χ0n) is 12.7. The normalized spacial score (nSPS) is 10.7. The average molecular weight is 363 g/mol. The average Bonchev–Trinajstić information content (AvgIpc) is 2.52. The number of hydrogen-bond acceptors (Lipinski definition) is 4. The van der Waals surface area contributed by atoms with Crippen molar-refractivity contribution >= 4 is 27.8 Å². The van der Waals surface area contributed by atoms with E-state index >= 15 is 0 Å². The highest BCUT2D eigenvalue weighted by Gasteiger charge is 2.11. The van der Waals surface area contributed by atoms with E-state index < -0.39 is 0 Å². The molecule has 22 heavy (non-hydrogen) atoms. The highest BCUT2D eigenvalue weighted by molar-refractivity contribution is 9.10. The maximum absolute atomic E-state index is 5.64. The van der Waals surface area contributed by atoms with E-state index in [1.807, 2.05) is 56.3 Å². The van der Waals surface area contributed by atoms with Gasteiger partial charge in [-0.15, -0.1) is 0 Å². The molecular formula is C17H19BrN2O2. The smallest absolute Gasteiger partial charge is 0.175 e. The lowest BCUT2D eigenvalue weighted by Gasteiger charge is -2.13. The lowest BCUT2D eigenvalue weighted by atomic mass is 10.2. The van der Waals surface area contributed by atoms with Gasteiger partial charge in [-0.2, -0.15) is 5.10 Å². The molecule has 5 heteroatoms. The van der Waals surface area contributed by atoms with Crippen LogP contribution in [0.25, 0.3) is 0 Å². The predicted molar refractivity (Wildman–Crippen MR) is 94.1 cm³/mol. The second-order valence-corrected chi connectivity index (χ2v) is 5.29. The number of para-hydroxylation sites is 1. The molecule has 1 N–H and O–H groups in total. The first-order chi connectivity index (χ1) is 10.7. The molecule has 0 aliphatic heterocycles. The first-order valence-electron chi connectivity index (χ1n) is 7.17. The molecule has 4 nitrogen and oxygen atoms in total. The van der Waals surface area contributed by atoms with Crippen molar-refractivity contribution in [3.05, 3.63) is 52.5 Å². The van der Waals surface area contributed by atoms with E-state index in [0.29, 0.717) is 19.0 Å². The molecule has 0 atom stereocenters. The van der Waals surface area contributed by atoms with Crippen LogP contribution in [0.1, 0.15) is 19.4 Å². The van der Waals surface area contributed by atoms with Crippen molar-refractivity contribution in [3.63, 3.8) is 0 Å². The highest BCUT2D eigenvalue weighted by Crippen LogP contribution is 2.36. The van der Waals surface area contributed by atoms with E-state index in [1.54, 1.807) is 6.21 Å². The molecule has 0 spiro atoms. The predicted octanol–water partition coefficient (Wildman–Crippen LogP) is 4.69. The van der Waals surface area contributed by atoms with Crippen LogP contribution in [0.15, 0.2) is 52.0 Å². The van der Waals surface area contributed by atoms with E-state index in [1.165, 1.54) is 0 Å². The molecule has 0 saturated heterocycles. The van der Waals surface area contributed by atoms with Crippen molar-refractivity contribution in [3.8, 4) is 11.5 Å². The molecule has 0 amide bonds. The van der Waals surface area contributed by atoms with Crippen LogP contribution in [0.5, 0.6) is 11.5 Å². The monoisotopic (exact) mass is 362 g/mol. The summed E-state index contributed by atoms with van der Waals surface area (Å²) in [6.45, 7) is 5.06. The quantitative estimate of drug-likeness (QED) is 0.573. The SMILES string of the molecule is CCOc1cc(C=NNc2ccccc2)cc(Br)c1OCC. The third-order valence-electron chi connectivity index (χ3n) is 2.80. The zero-order chi connectivity index (χ0) is 15.8. The molecule has 0 radical (unpaired) electrons. The Morgan fingerprint density at radius 3 is 2.50 bits per heavy atom. The summed E-state index contributed by atoms with van der Waals surface area (Å²) in [4.78, 5) is 0. The number of hydrogen-bond donors (Lipinski definition) is 1. The molecule has 0 unspecified atom stereocenters. The lowest BCUT2D eigenvalue weighted by molar-refractivity contribution is 0.286. The van der Waals surface area contributed by atoms with Gasteiger partial charge in [0.15, 0.2) is 11.5 Å². The molecule has 0 aromatic heterocycles. The van der Waals surface area contributed by atoms with Gasteiger partial charge in [0, 0.05) is 0 Å². The number of benzene rings is 2. The number of halogens is 1. The number of ether oxygens (including phenoxy) is 2. The van der Waals surface area contributed by atoms with E-state index in [0.717, 1.165) is 21.5 Å². The summed E-state index contributed by atoms with van der Waals surface area (Å²) in [6.07, 6.45) is 1.75. The van der Waals surface area contributed by atoms with E-state index in [9.17, 15) is 0 Å². The Morgan fingerprint density at radius 1 is 1.09 bits per heavy atom. The molecule has 0 aliphatic carbocycles. The first kappa shape index (κ1) is 16.4. The van der Waals surface area contributed by atoms with Gasteiger partial charge in [-0.25, -0.2) is 0 Å². The van der Waals surface area contributed by atoms with Crippen LogP contribution in [0.3, 0.4) is 0 Å². The number of nitrogens with zero attached hydrogens (tertiary/aromatic N) is 1. The molecular weight excluding hydrogens is 344 g/mol. The molecule has 0 fully saturated rings. The Labute approximate surface area is 139 Å². The van der Waals surface area contributed by atoms with E-state index in [-0.39, 0.29) is 0 Å². The fraction of sp³-hybridized carbons (Fsp3) is 0.235. The van der Waals surface area contributed by atoms with Crippen molar-refractivity contribution in [1.82, 2.24) is 0 Å². The van der Waals surface area contributed by atoms with Gasteiger partial charge < -0.3 is 9.47 Å². The number of hydrazone groups is 1. The second kappa shape index (κ2) is 8.44. The Balaban J connectivity index is 2.17. The molecule has 2 rings (SSSR count). The minimum absolute atomic E-state index is 0.579. The summed E-state index contributed by atoms with van der Waals surface area (Å²) in [5.74, 6) is 1.43. The molecule has 0 heterocycles. The second-order valence-electron chi connectivity index (χ2n) is 4.43. The van der Waals surface area contributed by atoms with Crippen molar-refractivity contribution in [1.29, 1.82) is 0 Å². The van der Waals surface area contributed by atoms with Crippen molar-refractivity contribution in [2.24, 2.45) is 5.10 Å². The summed E-state index contributed by atoms with van der Waals surface area (Å²) >= 11 is 3.52. The Bertz CT molecular complexity index is 630. The number of rotatable bonds is 7. The summed E-state index contributed by atoms with van der Waals surface area (Å²) in [5.41, 5.74) is 4.84. The van der Waals surface area contributed by atoms with Crippen LogP contribution in [0.2, 0.25) is 0 Å². The van der Waals surface area contributed by atoms with Crippen molar-refractivity contribution in [2.75, 3.05) is 18.6 Å². The van der Waals surface area contributed by atoms with Crippen LogP contribution in [0, 0.1) is 0 Å². The topological polar surface area (TPSA) is 42.8 Å². The van der Waals surface area contributed by atoms with Gasteiger partial charge in [0.25, 0.3) is 0 Å². The van der Waals surface area contributed by atoms with Crippen molar-refractivity contribution < 1.29 is 9.47 Å². The van der Waals surface area contributed by atoms with Crippen LogP contribution in [0.4, 0.5) is 5.69 Å². The van der Waals surface area contributed by atoms with E-state index in [2.05, 4.69) is 26.5 Å². The Kier molecular flexibility index (Phi) is 6.27. The third kappa shape index (κ3) is 4.49. The Morgan fingerprint density at radius 2 is 1.82 bits per heavy atom. The molecule has 0 aliphatic rings. The van der Waals surface area contributed by atoms with Gasteiger partial charge in [0.1, 0.15) is 0 Å². The Hall–Kier alpha value is -2.01. The molecule has 2 aromatic rings. The van der Waals surface area contributed by atoms with Crippen LogP contribution in [-0.2, 0) is 0 Å². The van der Waals surface area contributed by atoms with Crippen LogP contribution in [-0.4, -0.2) is 19.4 Å². The van der Waals surface area contributed by atoms with Crippen LogP contribution < -0.4 is 14.9 Å². The van der Waals surface area contributed by atoms with Crippen molar-refractivity contribution in [2.45, 2.75) is 13.8 Å². The fourth-order valence-electron chi connectivity index (χ4n) is 1.90. The molecule has 116 valence electrons. The molecule has 2 aromatic carbocycles. The fourth-order valence-corrected chi connectivity index (χ4v) is 2.48. The number of anilines is 1. The van der Waals surface area contributed by atoms with Gasteiger partial charge in [-0.3, -0.25) is 5.43 Å². The maximum Gasteiger partial charge on any atom is 0.175 e. The first-order valence-corrected chi connectivity index (χ1v) is 7.97. The van der Waals surface area contributed by atoms with Gasteiger partial charge >= 0.3 is 0 Å². The largest absolute Gasteiger partial charge is 0.490 e. The standard InChI is InChI=1S/C17H19BrN2O2/c1-3-21-16-11-13(10-15(18)17(16)22-4-2)12-19-20-14-8-6-5-7-9-14/h5-12,20H,3-4H2,1-2H3. The van der Waals surface area contributed by atoms with Crippen LogP contribution >= 0.6 is 15.9 Å². The molecule has 0 bridgehead atoms. The summed E-state index contributed by atoms with van der Waals surface area (Å²) in [5, 5.41) is 4.24. The maximum atomic E-state index is 5.64. The lowest BCUT2D eigenvalue weighted by Crippen LogP contribution is -2.00.